The molecule has 61 heavy (non-hydrogen) atoms. The van der Waals surface area contributed by atoms with E-state index in [2.05, 4.69) is 35.2 Å². The van der Waals surface area contributed by atoms with Crippen molar-refractivity contribution in [3.63, 3.8) is 0 Å². The summed E-state index contributed by atoms with van der Waals surface area (Å²) in [6.45, 7) is 9.09. The zero-order valence-corrected chi connectivity index (χ0v) is 32.5. The van der Waals surface area contributed by atoms with Crippen molar-refractivity contribution in [3.05, 3.63) is 197 Å². The number of benzene rings is 8. The minimum Gasteiger partial charge on any atom is -0.308 e. The normalized spacial score (nSPS) is 11.6. The molecule has 0 spiro atoms. The van der Waals surface area contributed by atoms with Crippen molar-refractivity contribution in [3.8, 4) is 56.9 Å². The van der Waals surface area contributed by atoms with E-state index < -0.39 is 11.7 Å². The number of aromatic nitrogens is 2. The zero-order valence-electron chi connectivity index (χ0n) is 32.5. The molecule has 0 aliphatic carbocycles. The lowest BCUT2D eigenvalue weighted by molar-refractivity contribution is -0.137. The Bertz CT molecular complexity index is 3350. The highest BCUT2D eigenvalue weighted by Crippen LogP contribution is 2.43. The Morgan fingerprint density at radius 1 is 0.492 bits per heavy atom. The van der Waals surface area contributed by atoms with E-state index >= 15 is 0 Å². The predicted molar refractivity (Wildman–Crippen MR) is 237 cm³/mol. The van der Waals surface area contributed by atoms with Crippen molar-refractivity contribution in [1.29, 1.82) is 10.5 Å². The molecule has 10 aromatic rings. The fourth-order valence-corrected chi connectivity index (χ4v) is 8.64. The van der Waals surface area contributed by atoms with Crippen LogP contribution in [-0.2, 0) is 6.18 Å². The van der Waals surface area contributed by atoms with E-state index in [9.17, 15) is 23.7 Å². The second kappa shape index (κ2) is 14.2. The van der Waals surface area contributed by atoms with Crippen molar-refractivity contribution in [2.24, 2.45) is 0 Å². The maximum absolute atomic E-state index is 14.4. The summed E-state index contributed by atoms with van der Waals surface area (Å²) in [5, 5.41) is 24.6. The molecule has 288 valence electrons. The van der Waals surface area contributed by atoms with Crippen LogP contribution in [-0.4, -0.2) is 9.13 Å². The average molecular weight is 794 g/mol. The van der Waals surface area contributed by atoms with Crippen molar-refractivity contribution in [2.45, 2.75) is 13.1 Å². The van der Waals surface area contributed by atoms with Gasteiger partial charge in [-0.1, -0.05) is 103 Å². The van der Waals surface area contributed by atoms with E-state index in [0.717, 1.165) is 71.9 Å². The monoisotopic (exact) mass is 793 g/mol. The molecule has 8 heteroatoms. The van der Waals surface area contributed by atoms with Gasteiger partial charge in [0, 0.05) is 21.5 Å². The lowest BCUT2D eigenvalue weighted by Gasteiger charge is -2.19. The molecule has 0 aliphatic heterocycles. The lowest BCUT2D eigenvalue weighted by Crippen LogP contribution is -2.07. The van der Waals surface area contributed by atoms with Crippen LogP contribution >= 0.6 is 0 Å². The standard InChI is InChI=1S/C53H30F3N5/c1-32-23-38(25-40(24-32)53(54,55)56)39-28-51(60-47-9-5-3-7-42(47)44-21-17-36(26-49(44)60)34-13-11-33(30-57)12-14-34)46(31-58)52(29-39)61-48-10-6-4-8-43(48)45-22-18-37(27-50(45)61)35-15-19-41(59-2)20-16-35/h3-29H,1H3. The Kier molecular flexibility index (Phi) is 8.58. The van der Waals surface area contributed by atoms with E-state index in [1.807, 2.05) is 112 Å². The number of hydrogen-bond acceptors (Lipinski definition) is 2. The van der Waals surface area contributed by atoms with Crippen LogP contribution in [0.5, 0.6) is 0 Å². The average Bonchev–Trinajstić information content (AvgIpc) is 3.80. The van der Waals surface area contributed by atoms with Gasteiger partial charge in [0.15, 0.2) is 5.69 Å². The highest BCUT2D eigenvalue weighted by atomic mass is 19.4. The van der Waals surface area contributed by atoms with Crippen LogP contribution in [0.3, 0.4) is 0 Å². The van der Waals surface area contributed by atoms with Gasteiger partial charge in [-0.15, -0.1) is 0 Å². The van der Waals surface area contributed by atoms with Crippen molar-refractivity contribution >= 4 is 49.3 Å². The maximum Gasteiger partial charge on any atom is 0.416 e. The van der Waals surface area contributed by atoms with Crippen LogP contribution in [0.1, 0.15) is 22.3 Å². The fraction of sp³-hybridized carbons (Fsp3) is 0.0377. The molecule has 8 aromatic carbocycles. The molecule has 0 atom stereocenters. The summed E-state index contributed by atoms with van der Waals surface area (Å²) in [7, 11) is 0. The summed E-state index contributed by atoms with van der Waals surface area (Å²) in [5.74, 6) is 0. The lowest BCUT2D eigenvalue weighted by atomic mass is 9.96. The van der Waals surface area contributed by atoms with E-state index in [1.165, 1.54) is 6.07 Å². The van der Waals surface area contributed by atoms with E-state index in [-0.39, 0.29) is 0 Å². The second-order valence-electron chi connectivity index (χ2n) is 15.1. The molecule has 2 heterocycles. The third kappa shape index (κ3) is 6.16. The Morgan fingerprint density at radius 2 is 0.967 bits per heavy atom. The molecule has 0 N–H and O–H groups in total. The largest absolute Gasteiger partial charge is 0.416 e. The first-order chi connectivity index (χ1) is 29.6. The van der Waals surface area contributed by atoms with Crippen LogP contribution in [0.25, 0.3) is 93.2 Å². The molecule has 0 unspecified atom stereocenters. The van der Waals surface area contributed by atoms with Crippen LogP contribution in [0.2, 0.25) is 0 Å². The Morgan fingerprint density at radius 3 is 1.46 bits per heavy atom. The molecular weight excluding hydrogens is 764 g/mol. The molecule has 0 saturated heterocycles. The summed E-state index contributed by atoms with van der Waals surface area (Å²) < 4.78 is 47.4. The number of aryl methyl sites for hydroxylation is 1. The van der Waals surface area contributed by atoms with Crippen molar-refractivity contribution in [1.82, 2.24) is 9.13 Å². The number of halogens is 3. The summed E-state index contributed by atoms with van der Waals surface area (Å²) in [5.41, 5.74) is 9.81. The van der Waals surface area contributed by atoms with E-state index in [0.29, 0.717) is 44.9 Å². The molecule has 0 saturated carbocycles. The number of rotatable bonds is 5. The third-order valence-electron chi connectivity index (χ3n) is 11.5. The van der Waals surface area contributed by atoms with Crippen molar-refractivity contribution in [2.75, 3.05) is 0 Å². The van der Waals surface area contributed by atoms with Gasteiger partial charge in [0.25, 0.3) is 0 Å². The van der Waals surface area contributed by atoms with Gasteiger partial charge in [0.1, 0.15) is 11.6 Å². The Labute approximate surface area is 348 Å². The van der Waals surface area contributed by atoms with Crippen LogP contribution in [0.4, 0.5) is 18.9 Å². The van der Waals surface area contributed by atoms with Crippen LogP contribution < -0.4 is 0 Å². The Hall–Kier alpha value is -8.38. The van der Waals surface area contributed by atoms with Crippen LogP contribution in [0.15, 0.2) is 164 Å². The van der Waals surface area contributed by atoms with Gasteiger partial charge in [-0.25, -0.2) is 4.85 Å². The molecule has 5 nitrogen and oxygen atoms in total. The quantitative estimate of drug-likeness (QED) is 0.163. The zero-order chi connectivity index (χ0) is 42.0. The first kappa shape index (κ1) is 36.9. The number of fused-ring (bicyclic) bond motifs is 6. The van der Waals surface area contributed by atoms with Gasteiger partial charge >= 0.3 is 6.18 Å². The SMILES string of the molecule is [C-]#[N+]c1ccc(-c2ccc3c4ccccc4n(-c4cc(-c5cc(C)cc(C(F)(F)F)c5)cc(-n5c6ccccc6c6ccc(-c7ccc(C#N)cc7)cc65)c4C#N)c3c2)cc1. The number of nitriles is 2. The van der Waals surface area contributed by atoms with E-state index in [1.54, 1.807) is 37.3 Å². The van der Waals surface area contributed by atoms with Gasteiger partial charge < -0.3 is 9.13 Å². The minimum absolute atomic E-state index is 0.327. The maximum atomic E-state index is 14.4. The predicted octanol–water partition coefficient (Wildman–Crippen LogP) is 14.5. The smallest absolute Gasteiger partial charge is 0.308 e. The summed E-state index contributed by atoms with van der Waals surface area (Å²) >= 11 is 0. The molecule has 0 bridgehead atoms. The highest BCUT2D eigenvalue weighted by Gasteiger charge is 2.31. The number of alkyl halides is 3. The highest BCUT2D eigenvalue weighted by molar-refractivity contribution is 6.12. The first-order valence-corrected chi connectivity index (χ1v) is 19.5. The van der Waals surface area contributed by atoms with E-state index in [4.69, 9.17) is 6.57 Å². The third-order valence-corrected chi connectivity index (χ3v) is 11.5. The number of para-hydroxylation sites is 2. The molecule has 0 amide bonds. The molecular formula is C53H30F3N5. The summed E-state index contributed by atoms with van der Waals surface area (Å²) in [6.07, 6.45) is -4.58. The van der Waals surface area contributed by atoms with Gasteiger partial charge in [-0.2, -0.15) is 23.7 Å². The number of nitrogens with zero attached hydrogens (tertiary/aromatic N) is 5. The summed E-state index contributed by atoms with van der Waals surface area (Å²) in [6, 6.07) is 55.3. The van der Waals surface area contributed by atoms with Gasteiger partial charge in [0.2, 0.25) is 0 Å². The molecule has 10 rings (SSSR count). The topological polar surface area (TPSA) is 61.8 Å². The van der Waals surface area contributed by atoms with Crippen molar-refractivity contribution < 1.29 is 13.2 Å². The molecule has 2 aromatic heterocycles. The molecule has 0 fully saturated rings. The summed E-state index contributed by atoms with van der Waals surface area (Å²) in [4.78, 5) is 3.55. The van der Waals surface area contributed by atoms with Crippen LogP contribution in [0, 0.1) is 36.2 Å². The molecule has 0 radical (unpaired) electrons. The first-order valence-electron chi connectivity index (χ1n) is 19.5. The Balaban J connectivity index is 1.33. The van der Waals surface area contributed by atoms with Gasteiger partial charge in [-0.3, -0.25) is 0 Å². The van der Waals surface area contributed by atoms with Gasteiger partial charge in [-0.05, 0) is 107 Å². The second-order valence-corrected chi connectivity index (χ2v) is 15.1. The molecule has 0 aliphatic rings. The van der Waals surface area contributed by atoms with Gasteiger partial charge in [0.05, 0.1) is 57.2 Å². The minimum atomic E-state index is -4.58. The fourth-order valence-electron chi connectivity index (χ4n) is 8.64. The number of hydrogen-bond donors (Lipinski definition) is 0.